The van der Waals surface area contributed by atoms with Gasteiger partial charge in [-0.1, -0.05) is 179 Å². The van der Waals surface area contributed by atoms with Crippen molar-refractivity contribution in [3.05, 3.63) is 36.5 Å². The van der Waals surface area contributed by atoms with Crippen molar-refractivity contribution in [2.24, 2.45) is 0 Å². The van der Waals surface area contributed by atoms with Crippen LogP contribution in [0, 0.1) is 0 Å². The van der Waals surface area contributed by atoms with E-state index >= 15 is 0 Å². The molecule has 0 saturated heterocycles. The van der Waals surface area contributed by atoms with E-state index in [1.54, 1.807) is 0 Å². The Morgan fingerprint density at radius 1 is 0.500 bits per heavy atom. The second kappa shape index (κ2) is 39.0. The molecule has 9 heteroatoms. The third kappa shape index (κ3) is 41.0. The number of ether oxygens (including phenoxy) is 2. The lowest BCUT2D eigenvalue weighted by molar-refractivity contribution is -0.161. The number of esters is 2. The zero-order valence-electron chi connectivity index (χ0n) is 33.5. The highest BCUT2D eigenvalue weighted by atomic mass is 31.2. The Hall–Kier alpha value is -1.73. The van der Waals surface area contributed by atoms with Gasteiger partial charge < -0.3 is 19.3 Å². The lowest BCUT2D eigenvalue weighted by Gasteiger charge is -2.18. The topological polar surface area (TPSA) is 119 Å². The predicted octanol–water partition coefficient (Wildman–Crippen LogP) is 13.0. The highest BCUT2D eigenvalue weighted by Gasteiger charge is 2.22. The van der Waals surface area contributed by atoms with E-state index in [-0.39, 0.29) is 19.4 Å². The van der Waals surface area contributed by atoms with Crippen LogP contribution in [0.25, 0.3) is 0 Å². The Morgan fingerprint density at radius 2 is 0.865 bits per heavy atom. The summed E-state index contributed by atoms with van der Waals surface area (Å²) in [5.74, 6) is -0.893. The molecule has 8 nitrogen and oxygen atoms in total. The van der Waals surface area contributed by atoms with Crippen molar-refractivity contribution in [3.63, 3.8) is 0 Å². The van der Waals surface area contributed by atoms with Crippen molar-refractivity contribution >= 4 is 19.8 Å². The molecule has 304 valence electrons. The first-order chi connectivity index (χ1) is 25.3. The zero-order valence-corrected chi connectivity index (χ0v) is 34.4. The number of carbonyl (C=O) groups excluding carboxylic acids is 2. The number of phosphoric ester groups is 1. The van der Waals surface area contributed by atoms with Crippen LogP contribution in [0.5, 0.6) is 0 Å². The van der Waals surface area contributed by atoms with Gasteiger partial charge in [0.15, 0.2) is 6.10 Å². The van der Waals surface area contributed by atoms with E-state index in [2.05, 4.69) is 54.8 Å². The monoisotopic (exact) mass is 755 g/mol. The van der Waals surface area contributed by atoms with Gasteiger partial charge in [-0.15, -0.1) is 0 Å². The van der Waals surface area contributed by atoms with Crippen molar-refractivity contribution < 1.29 is 37.9 Å². The highest BCUT2D eigenvalue weighted by molar-refractivity contribution is 7.46. The number of hydrogen-bond donors (Lipinski definition) is 2. The van der Waals surface area contributed by atoms with Crippen LogP contribution in [-0.4, -0.2) is 41.0 Å². The molecule has 0 heterocycles. The third-order valence-electron chi connectivity index (χ3n) is 9.16. The fourth-order valence-corrected chi connectivity index (χ4v) is 6.33. The summed E-state index contributed by atoms with van der Waals surface area (Å²) < 4.78 is 26.4. The molecule has 0 rings (SSSR count). The van der Waals surface area contributed by atoms with E-state index < -0.39 is 32.5 Å². The quantitative estimate of drug-likeness (QED) is 0.0275. The van der Waals surface area contributed by atoms with Crippen LogP contribution in [0.2, 0.25) is 0 Å². The Kier molecular flexibility index (Phi) is 37.7. The summed E-state index contributed by atoms with van der Waals surface area (Å²) in [6.07, 6.45) is 45.7. The smallest absolute Gasteiger partial charge is 0.462 e. The van der Waals surface area contributed by atoms with E-state index in [0.29, 0.717) is 12.8 Å². The number of unbranched alkanes of at least 4 members (excludes halogenated alkanes) is 23. The van der Waals surface area contributed by atoms with Crippen molar-refractivity contribution in [2.75, 3.05) is 13.2 Å². The molecule has 0 aliphatic heterocycles. The van der Waals surface area contributed by atoms with E-state index in [4.69, 9.17) is 19.3 Å². The molecule has 0 bridgehead atoms. The van der Waals surface area contributed by atoms with Crippen molar-refractivity contribution in [1.82, 2.24) is 0 Å². The van der Waals surface area contributed by atoms with Gasteiger partial charge in [0.05, 0.1) is 6.61 Å². The first-order valence-electron chi connectivity index (χ1n) is 21.3. The van der Waals surface area contributed by atoms with E-state index in [9.17, 15) is 14.2 Å². The van der Waals surface area contributed by atoms with E-state index in [1.165, 1.54) is 109 Å². The number of rotatable bonds is 39. The van der Waals surface area contributed by atoms with Crippen LogP contribution in [0.15, 0.2) is 36.5 Å². The lowest BCUT2D eigenvalue weighted by Crippen LogP contribution is -2.29. The minimum absolute atomic E-state index is 0.212. The number of hydrogen-bond acceptors (Lipinski definition) is 6. The van der Waals surface area contributed by atoms with E-state index in [1.807, 2.05) is 0 Å². The first-order valence-corrected chi connectivity index (χ1v) is 22.8. The van der Waals surface area contributed by atoms with Gasteiger partial charge in [0.25, 0.3) is 0 Å². The van der Waals surface area contributed by atoms with Gasteiger partial charge >= 0.3 is 19.8 Å². The summed E-state index contributed by atoms with van der Waals surface area (Å²) in [5, 5.41) is 0. The average molecular weight is 755 g/mol. The summed E-state index contributed by atoms with van der Waals surface area (Å²) >= 11 is 0. The van der Waals surface area contributed by atoms with Gasteiger partial charge in [-0.2, -0.15) is 0 Å². The molecule has 0 spiro atoms. The molecule has 0 aromatic carbocycles. The first kappa shape index (κ1) is 50.3. The molecule has 52 heavy (non-hydrogen) atoms. The Balaban J connectivity index is 3.92. The summed E-state index contributed by atoms with van der Waals surface area (Å²) in [7, 11) is -4.75. The normalized spacial score (nSPS) is 12.8. The maximum atomic E-state index is 12.4. The van der Waals surface area contributed by atoms with Gasteiger partial charge in [0, 0.05) is 12.8 Å². The predicted molar refractivity (Wildman–Crippen MR) is 216 cm³/mol. The second-order valence-electron chi connectivity index (χ2n) is 14.3. The Bertz CT molecular complexity index is 941. The number of allylic oxidation sites excluding steroid dienone is 6. The molecule has 0 amide bonds. The molecule has 0 aliphatic rings. The third-order valence-corrected chi connectivity index (χ3v) is 9.65. The molecular formula is C43H79O8P. The molecule has 1 atom stereocenters. The molecular weight excluding hydrogens is 675 g/mol. The number of phosphoric acid groups is 1. The largest absolute Gasteiger partial charge is 0.469 e. The van der Waals surface area contributed by atoms with Gasteiger partial charge in [-0.25, -0.2) is 4.57 Å². The van der Waals surface area contributed by atoms with Crippen molar-refractivity contribution in [2.45, 2.75) is 213 Å². The van der Waals surface area contributed by atoms with Gasteiger partial charge in [0.1, 0.15) is 6.61 Å². The standard InChI is InChI=1S/C43H79O8P/c1-3-5-7-9-11-13-15-17-19-20-21-22-24-25-27-29-31-33-35-37-42(44)49-39-41(40-50-52(46,47)48)51-43(45)38-36-34-32-30-28-26-23-18-16-14-12-10-8-6-4-2/h11,13,17,19,21-22,41H,3-10,12,14-16,18,20,23-40H2,1-2H3,(H2,46,47,48)/b13-11-,19-17-,22-21-/t41-/m1/s1. The van der Waals surface area contributed by atoms with Crippen LogP contribution < -0.4 is 0 Å². The van der Waals surface area contributed by atoms with Gasteiger partial charge in [-0.3, -0.25) is 14.1 Å². The molecule has 2 N–H and O–H groups in total. The summed E-state index contributed by atoms with van der Waals surface area (Å²) in [6.45, 7) is 3.66. The van der Waals surface area contributed by atoms with Gasteiger partial charge in [0.2, 0.25) is 0 Å². The molecule has 0 unspecified atom stereocenters. The Morgan fingerprint density at radius 3 is 1.33 bits per heavy atom. The van der Waals surface area contributed by atoms with Gasteiger partial charge in [-0.05, 0) is 51.4 Å². The van der Waals surface area contributed by atoms with Crippen molar-refractivity contribution in [3.8, 4) is 0 Å². The average Bonchev–Trinajstić information content (AvgIpc) is 3.11. The highest BCUT2D eigenvalue weighted by Crippen LogP contribution is 2.36. The molecule has 0 fully saturated rings. The summed E-state index contributed by atoms with van der Waals surface area (Å²) in [5.41, 5.74) is 0. The van der Waals surface area contributed by atoms with E-state index in [0.717, 1.165) is 57.8 Å². The van der Waals surface area contributed by atoms with Crippen LogP contribution in [-0.2, 0) is 28.2 Å². The van der Waals surface area contributed by atoms with Crippen LogP contribution >= 0.6 is 7.82 Å². The maximum absolute atomic E-state index is 12.4. The fraction of sp³-hybridized carbons (Fsp3) is 0.814. The Labute approximate surface area is 319 Å². The molecule has 0 radical (unpaired) electrons. The second-order valence-corrected chi connectivity index (χ2v) is 15.6. The van der Waals surface area contributed by atoms with Crippen LogP contribution in [0.4, 0.5) is 0 Å². The molecule has 0 aliphatic carbocycles. The minimum Gasteiger partial charge on any atom is -0.462 e. The zero-order chi connectivity index (χ0) is 38.2. The number of carbonyl (C=O) groups is 2. The molecule has 0 aromatic heterocycles. The summed E-state index contributed by atoms with van der Waals surface area (Å²) in [4.78, 5) is 42.8. The molecule has 0 saturated carbocycles. The maximum Gasteiger partial charge on any atom is 0.469 e. The molecule has 0 aromatic rings. The SMILES string of the molecule is CCCCC/C=C\C/C=C\C/C=C\CCCCCCCCC(=O)OC[C@H](COP(=O)(O)O)OC(=O)CCCCCCCCCCCCCCCCC. The van der Waals surface area contributed by atoms with Crippen molar-refractivity contribution in [1.29, 1.82) is 0 Å². The van der Waals surface area contributed by atoms with Crippen LogP contribution in [0.3, 0.4) is 0 Å². The minimum atomic E-state index is -4.75. The van der Waals surface area contributed by atoms with Crippen LogP contribution in [0.1, 0.15) is 206 Å². The summed E-state index contributed by atoms with van der Waals surface area (Å²) in [6, 6.07) is 0. The lowest BCUT2D eigenvalue weighted by atomic mass is 10.0. The fourth-order valence-electron chi connectivity index (χ4n) is 5.97.